The highest BCUT2D eigenvalue weighted by Crippen LogP contribution is 2.02. The number of carbonyl (C=O) groups excluding carboxylic acids is 3. The Kier molecular flexibility index (Phi) is 10.8. The van der Waals surface area contributed by atoms with E-state index in [0.717, 1.165) is 5.56 Å². The Labute approximate surface area is 174 Å². The smallest absolute Gasteiger partial charge is 0.326 e. The summed E-state index contributed by atoms with van der Waals surface area (Å²) in [6.07, 6.45) is 2.45. The molecule has 0 saturated carbocycles. The summed E-state index contributed by atoms with van der Waals surface area (Å²) in [6, 6.07) is 6.47. The fourth-order valence-corrected chi connectivity index (χ4v) is 2.88. The fraction of sp³-hybridized carbons (Fsp3) is 0.474. The quantitative estimate of drug-likeness (QED) is 0.303. The van der Waals surface area contributed by atoms with Crippen LogP contribution in [-0.4, -0.2) is 65.5 Å². The third kappa shape index (κ3) is 9.44. The van der Waals surface area contributed by atoms with Crippen LogP contribution in [0.2, 0.25) is 0 Å². The summed E-state index contributed by atoms with van der Waals surface area (Å²) in [5, 5.41) is 16.4. The van der Waals surface area contributed by atoms with Gasteiger partial charge in [-0.15, -0.1) is 0 Å². The van der Waals surface area contributed by atoms with Crippen LogP contribution in [0.15, 0.2) is 30.3 Å². The first-order valence-corrected chi connectivity index (χ1v) is 10.5. The van der Waals surface area contributed by atoms with Crippen molar-refractivity contribution in [3.05, 3.63) is 35.9 Å². The van der Waals surface area contributed by atoms with Gasteiger partial charge in [0.1, 0.15) is 12.1 Å². The monoisotopic (exact) mass is 424 g/mol. The highest BCUT2D eigenvalue weighted by molar-refractivity contribution is 7.98. The Morgan fingerprint density at radius 3 is 2.34 bits per heavy atom. The number of amides is 3. The zero-order chi connectivity index (χ0) is 21.8. The molecule has 0 aliphatic carbocycles. The molecule has 3 amide bonds. The van der Waals surface area contributed by atoms with Crippen molar-refractivity contribution in [1.29, 1.82) is 0 Å². The van der Waals surface area contributed by atoms with Gasteiger partial charge in [-0.1, -0.05) is 30.3 Å². The predicted molar refractivity (Wildman–Crippen MR) is 111 cm³/mol. The number of nitrogens with two attached hydrogens (primary N) is 1. The summed E-state index contributed by atoms with van der Waals surface area (Å²) in [6.45, 7) is 1.09. The zero-order valence-corrected chi connectivity index (χ0v) is 17.3. The molecule has 3 atom stereocenters. The number of hydrogen-bond acceptors (Lipinski definition) is 6. The lowest BCUT2D eigenvalue weighted by atomic mass is 10.1. The first kappa shape index (κ1) is 24.4. The number of hydrogen-bond donors (Lipinski definition) is 5. The molecule has 29 heavy (non-hydrogen) atoms. The highest BCUT2D eigenvalue weighted by Gasteiger charge is 2.23. The van der Waals surface area contributed by atoms with Crippen LogP contribution in [0, 0.1) is 0 Å². The first-order valence-electron chi connectivity index (χ1n) is 9.13. The van der Waals surface area contributed by atoms with Gasteiger partial charge in [-0.05, 0) is 37.3 Å². The van der Waals surface area contributed by atoms with Crippen molar-refractivity contribution in [3.8, 4) is 0 Å². The second-order valence-electron chi connectivity index (χ2n) is 6.48. The average molecular weight is 425 g/mol. The third-order valence-corrected chi connectivity index (χ3v) is 4.70. The molecule has 0 radical (unpaired) electrons. The summed E-state index contributed by atoms with van der Waals surface area (Å²) < 4.78 is 0. The zero-order valence-electron chi connectivity index (χ0n) is 16.5. The first-order chi connectivity index (χ1) is 13.7. The van der Waals surface area contributed by atoms with Gasteiger partial charge in [0.15, 0.2) is 0 Å². The van der Waals surface area contributed by atoms with Crippen molar-refractivity contribution in [2.45, 2.75) is 37.9 Å². The van der Waals surface area contributed by atoms with E-state index < -0.39 is 41.8 Å². The standard InChI is InChI=1S/C19H28N4O5S/c1-12(17(25)23-15(19(27)28)8-9-29-2)22-16(24)11-21-18(26)14(20)10-13-6-4-3-5-7-13/h3-7,12,14-15H,8-11,20H2,1-2H3,(H,21,26)(H,22,24)(H,23,25)(H,27,28). The van der Waals surface area contributed by atoms with Crippen molar-refractivity contribution in [2.24, 2.45) is 5.73 Å². The molecule has 1 aromatic rings. The molecule has 0 aliphatic heterocycles. The van der Waals surface area contributed by atoms with E-state index in [2.05, 4.69) is 16.0 Å². The summed E-state index contributed by atoms with van der Waals surface area (Å²) in [7, 11) is 0. The number of benzene rings is 1. The second-order valence-corrected chi connectivity index (χ2v) is 7.47. The SMILES string of the molecule is CSCCC(NC(=O)C(C)NC(=O)CNC(=O)C(N)Cc1ccccc1)C(=O)O. The van der Waals surface area contributed by atoms with E-state index in [-0.39, 0.29) is 13.0 Å². The number of carbonyl (C=O) groups is 4. The number of aliphatic carboxylic acids is 1. The van der Waals surface area contributed by atoms with E-state index in [9.17, 15) is 19.2 Å². The number of rotatable bonds is 12. The Balaban J connectivity index is 2.41. The molecule has 0 aromatic heterocycles. The van der Waals surface area contributed by atoms with Crippen LogP contribution in [0.3, 0.4) is 0 Å². The minimum Gasteiger partial charge on any atom is -0.480 e. The minimum absolute atomic E-state index is 0.276. The molecule has 6 N–H and O–H groups in total. The Hall–Kier alpha value is -2.59. The number of nitrogens with one attached hydrogen (secondary N) is 3. The maximum absolute atomic E-state index is 12.1. The van der Waals surface area contributed by atoms with Gasteiger partial charge in [-0.25, -0.2) is 4.79 Å². The fourth-order valence-electron chi connectivity index (χ4n) is 2.41. The molecule has 10 heteroatoms. The van der Waals surface area contributed by atoms with Crippen molar-refractivity contribution in [1.82, 2.24) is 16.0 Å². The number of thioether (sulfide) groups is 1. The molecule has 0 heterocycles. The molecule has 9 nitrogen and oxygen atoms in total. The Morgan fingerprint density at radius 2 is 1.76 bits per heavy atom. The molecule has 1 aromatic carbocycles. The van der Waals surface area contributed by atoms with Crippen LogP contribution in [0.1, 0.15) is 18.9 Å². The van der Waals surface area contributed by atoms with Crippen LogP contribution in [0.4, 0.5) is 0 Å². The van der Waals surface area contributed by atoms with E-state index in [1.165, 1.54) is 18.7 Å². The largest absolute Gasteiger partial charge is 0.480 e. The number of carboxylic acid groups (broad SMARTS) is 1. The molecule has 0 saturated heterocycles. The van der Waals surface area contributed by atoms with E-state index >= 15 is 0 Å². The molecule has 0 aliphatic rings. The van der Waals surface area contributed by atoms with Crippen LogP contribution >= 0.6 is 11.8 Å². The van der Waals surface area contributed by atoms with Gasteiger partial charge in [-0.3, -0.25) is 14.4 Å². The normalized spacial score (nSPS) is 13.6. The topological polar surface area (TPSA) is 151 Å². The van der Waals surface area contributed by atoms with E-state index in [1.54, 1.807) is 0 Å². The predicted octanol–water partition coefficient (Wildman–Crippen LogP) is -0.500. The summed E-state index contributed by atoms with van der Waals surface area (Å²) >= 11 is 1.47. The molecule has 0 spiro atoms. The van der Waals surface area contributed by atoms with Crippen LogP contribution in [0.25, 0.3) is 0 Å². The van der Waals surface area contributed by atoms with Crippen LogP contribution in [-0.2, 0) is 25.6 Å². The van der Waals surface area contributed by atoms with Crippen molar-refractivity contribution < 1.29 is 24.3 Å². The van der Waals surface area contributed by atoms with E-state index in [1.807, 2.05) is 36.6 Å². The molecule has 1 rings (SSSR count). The van der Waals surface area contributed by atoms with Gasteiger partial charge >= 0.3 is 5.97 Å². The lowest BCUT2D eigenvalue weighted by molar-refractivity contribution is -0.142. The van der Waals surface area contributed by atoms with Crippen molar-refractivity contribution >= 4 is 35.5 Å². The lowest BCUT2D eigenvalue weighted by Gasteiger charge is -2.19. The van der Waals surface area contributed by atoms with Gasteiger partial charge in [0.2, 0.25) is 17.7 Å². The molecule has 0 fully saturated rings. The highest BCUT2D eigenvalue weighted by atomic mass is 32.2. The Bertz CT molecular complexity index is 701. The van der Waals surface area contributed by atoms with Crippen molar-refractivity contribution in [3.63, 3.8) is 0 Å². The maximum Gasteiger partial charge on any atom is 0.326 e. The van der Waals surface area contributed by atoms with Gasteiger partial charge < -0.3 is 26.8 Å². The van der Waals surface area contributed by atoms with Gasteiger partial charge in [0, 0.05) is 0 Å². The second kappa shape index (κ2) is 12.8. The van der Waals surface area contributed by atoms with Crippen LogP contribution in [0.5, 0.6) is 0 Å². The molecule has 0 bridgehead atoms. The molecule has 160 valence electrons. The van der Waals surface area contributed by atoms with Crippen molar-refractivity contribution in [2.75, 3.05) is 18.6 Å². The summed E-state index contributed by atoms with van der Waals surface area (Å²) in [5.74, 6) is -2.23. The average Bonchev–Trinajstić information content (AvgIpc) is 2.69. The maximum atomic E-state index is 12.1. The molecular formula is C19H28N4O5S. The lowest BCUT2D eigenvalue weighted by Crippen LogP contribution is -2.52. The third-order valence-electron chi connectivity index (χ3n) is 4.05. The number of carboxylic acids is 1. The van der Waals surface area contributed by atoms with E-state index in [0.29, 0.717) is 12.2 Å². The van der Waals surface area contributed by atoms with Gasteiger partial charge in [0.05, 0.1) is 12.6 Å². The van der Waals surface area contributed by atoms with E-state index in [4.69, 9.17) is 10.8 Å². The summed E-state index contributed by atoms with van der Waals surface area (Å²) in [4.78, 5) is 47.3. The van der Waals surface area contributed by atoms with Gasteiger partial charge in [0.25, 0.3) is 0 Å². The van der Waals surface area contributed by atoms with Crippen LogP contribution < -0.4 is 21.7 Å². The molecular weight excluding hydrogens is 396 g/mol. The molecule has 3 unspecified atom stereocenters. The minimum atomic E-state index is -1.13. The summed E-state index contributed by atoms with van der Waals surface area (Å²) in [5.41, 5.74) is 6.75. The Morgan fingerprint density at radius 1 is 1.10 bits per heavy atom. The van der Waals surface area contributed by atoms with Gasteiger partial charge in [-0.2, -0.15) is 11.8 Å².